The van der Waals surface area contributed by atoms with Crippen molar-refractivity contribution in [1.82, 2.24) is 19.3 Å². The van der Waals surface area contributed by atoms with Crippen LogP contribution in [0.4, 0.5) is 13.2 Å². The van der Waals surface area contributed by atoms with Crippen molar-refractivity contribution in [1.29, 1.82) is 0 Å². The number of piperidine rings is 1. The lowest BCUT2D eigenvalue weighted by Gasteiger charge is -2.35. The number of imidazole rings is 1. The zero-order valence-electron chi connectivity index (χ0n) is 18.8. The van der Waals surface area contributed by atoms with Crippen LogP contribution in [0.1, 0.15) is 35.3 Å². The van der Waals surface area contributed by atoms with Gasteiger partial charge in [0.15, 0.2) is 0 Å². The van der Waals surface area contributed by atoms with E-state index in [-0.39, 0.29) is 24.4 Å². The zero-order valence-corrected chi connectivity index (χ0v) is 18.8. The molecule has 6 nitrogen and oxygen atoms in total. The highest BCUT2D eigenvalue weighted by Crippen LogP contribution is 2.30. The first-order valence-corrected chi connectivity index (χ1v) is 11.4. The van der Waals surface area contributed by atoms with Crippen molar-refractivity contribution in [3.8, 4) is 17.1 Å². The summed E-state index contributed by atoms with van der Waals surface area (Å²) in [6.45, 7) is 0.698. The maximum atomic E-state index is 13.9. The van der Waals surface area contributed by atoms with Crippen LogP contribution >= 0.6 is 0 Å². The average molecular weight is 480 g/mol. The van der Waals surface area contributed by atoms with Gasteiger partial charge in [0.25, 0.3) is 5.91 Å². The van der Waals surface area contributed by atoms with Crippen molar-refractivity contribution in [3.63, 3.8) is 0 Å². The molecule has 9 heteroatoms. The summed E-state index contributed by atoms with van der Waals surface area (Å²) < 4.78 is 45.9. The van der Waals surface area contributed by atoms with Gasteiger partial charge in [-0.05, 0) is 37.5 Å². The Balaban J connectivity index is 1.41. The first kappa shape index (κ1) is 22.9. The first-order valence-electron chi connectivity index (χ1n) is 11.4. The summed E-state index contributed by atoms with van der Waals surface area (Å²) in [5.41, 5.74) is 1.77. The number of fused-ring (bicyclic) bond motifs is 1. The molecule has 1 aromatic carbocycles. The Morgan fingerprint density at radius 1 is 1.03 bits per heavy atom. The second-order valence-electron chi connectivity index (χ2n) is 8.45. The topological polar surface area (TPSA) is 59.7 Å². The molecule has 0 aliphatic carbocycles. The molecule has 1 aliphatic heterocycles. The third-order valence-electron chi connectivity index (χ3n) is 6.15. The molecule has 35 heavy (non-hydrogen) atoms. The van der Waals surface area contributed by atoms with Gasteiger partial charge in [0.1, 0.15) is 23.6 Å². The van der Waals surface area contributed by atoms with Gasteiger partial charge in [-0.15, -0.1) is 0 Å². The molecule has 180 valence electrons. The molecule has 1 amide bonds. The van der Waals surface area contributed by atoms with Gasteiger partial charge in [0.2, 0.25) is 5.88 Å². The molecule has 1 saturated heterocycles. The molecule has 0 spiro atoms. The maximum Gasteiger partial charge on any atom is 0.417 e. The van der Waals surface area contributed by atoms with E-state index in [1.807, 2.05) is 54.7 Å². The number of benzene rings is 1. The van der Waals surface area contributed by atoms with Crippen molar-refractivity contribution >= 4 is 11.6 Å². The molecule has 1 atom stereocenters. The number of ether oxygens (including phenoxy) is 1. The van der Waals surface area contributed by atoms with Crippen molar-refractivity contribution in [2.45, 2.75) is 31.5 Å². The summed E-state index contributed by atoms with van der Waals surface area (Å²) in [5, 5.41) is 0. The van der Waals surface area contributed by atoms with Gasteiger partial charge in [0.05, 0.1) is 11.6 Å². The highest BCUT2D eigenvalue weighted by molar-refractivity contribution is 6.00. The van der Waals surface area contributed by atoms with E-state index in [0.29, 0.717) is 23.6 Å². The van der Waals surface area contributed by atoms with Crippen LogP contribution in [-0.2, 0) is 6.18 Å². The van der Waals surface area contributed by atoms with Gasteiger partial charge < -0.3 is 9.64 Å². The number of carbonyl (C=O) groups is 1. The summed E-state index contributed by atoms with van der Waals surface area (Å²) in [4.78, 5) is 24.2. The van der Waals surface area contributed by atoms with E-state index in [1.165, 1.54) is 6.07 Å². The Kier molecular flexibility index (Phi) is 6.15. The summed E-state index contributed by atoms with van der Waals surface area (Å²) in [6, 6.07) is 17.1. The van der Waals surface area contributed by atoms with Gasteiger partial charge in [-0.25, -0.2) is 9.97 Å². The second kappa shape index (κ2) is 9.40. The van der Waals surface area contributed by atoms with E-state index in [1.54, 1.807) is 9.30 Å². The lowest BCUT2D eigenvalue weighted by atomic mass is 10.0. The van der Waals surface area contributed by atoms with Gasteiger partial charge >= 0.3 is 6.18 Å². The number of aromatic nitrogens is 3. The molecule has 0 N–H and O–H groups in total. The molecule has 0 radical (unpaired) electrons. The van der Waals surface area contributed by atoms with E-state index in [2.05, 4.69) is 4.98 Å². The fourth-order valence-corrected chi connectivity index (χ4v) is 4.39. The molecular weight excluding hydrogens is 457 g/mol. The molecule has 0 saturated carbocycles. The monoisotopic (exact) mass is 480 g/mol. The normalized spacial score (nSPS) is 16.4. The predicted molar refractivity (Wildman–Crippen MR) is 124 cm³/mol. The van der Waals surface area contributed by atoms with E-state index in [0.717, 1.165) is 37.1 Å². The minimum absolute atomic E-state index is 0.0933. The third kappa shape index (κ3) is 4.71. The quantitative estimate of drug-likeness (QED) is 0.379. The average Bonchev–Trinajstić information content (AvgIpc) is 3.27. The Labute approximate surface area is 200 Å². The summed E-state index contributed by atoms with van der Waals surface area (Å²) in [5.74, 6) is -0.0630. The van der Waals surface area contributed by atoms with Crippen molar-refractivity contribution in [2.75, 3.05) is 13.2 Å². The minimum atomic E-state index is -4.46. The highest BCUT2D eigenvalue weighted by atomic mass is 19.4. The molecule has 0 bridgehead atoms. The molecule has 1 fully saturated rings. The number of alkyl halides is 3. The van der Waals surface area contributed by atoms with Crippen LogP contribution in [0.15, 0.2) is 73.1 Å². The number of rotatable bonds is 5. The molecule has 4 aromatic rings. The van der Waals surface area contributed by atoms with Crippen molar-refractivity contribution < 1.29 is 22.7 Å². The van der Waals surface area contributed by atoms with Crippen LogP contribution in [0.5, 0.6) is 5.88 Å². The maximum absolute atomic E-state index is 13.9. The third-order valence-corrected chi connectivity index (χ3v) is 6.15. The Bertz CT molecular complexity index is 1320. The first-order chi connectivity index (χ1) is 16.9. The molecule has 1 aliphatic rings. The SMILES string of the molecule is O=C(c1c(-c2ccccc2)nc2ccccn12)N1CCCC[C@H]1COc1ccc(C(F)(F)F)cn1. The zero-order chi connectivity index (χ0) is 24.4. The Hall–Kier alpha value is -3.88. The fourth-order valence-electron chi connectivity index (χ4n) is 4.39. The van der Waals surface area contributed by atoms with E-state index < -0.39 is 11.7 Å². The van der Waals surface area contributed by atoms with E-state index >= 15 is 0 Å². The van der Waals surface area contributed by atoms with Gasteiger partial charge in [-0.1, -0.05) is 36.4 Å². The molecular formula is C26H23F3N4O2. The Morgan fingerprint density at radius 3 is 2.57 bits per heavy atom. The number of hydrogen-bond acceptors (Lipinski definition) is 4. The van der Waals surface area contributed by atoms with E-state index in [4.69, 9.17) is 9.72 Å². The van der Waals surface area contributed by atoms with Crippen molar-refractivity contribution in [3.05, 3.63) is 84.3 Å². The van der Waals surface area contributed by atoms with Gasteiger partial charge in [0, 0.05) is 30.6 Å². The van der Waals surface area contributed by atoms with Crippen LogP contribution in [-0.4, -0.2) is 44.4 Å². The highest BCUT2D eigenvalue weighted by Gasteiger charge is 2.33. The lowest BCUT2D eigenvalue weighted by molar-refractivity contribution is -0.137. The minimum Gasteiger partial charge on any atom is -0.475 e. The second-order valence-corrected chi connectivity index (χ2v) is 8.45. The summed E-state index contributed by atoms with van der Waals surface area (Å²) >= 11 is 0. The van der Waals surface area contributed by atoms with Crippen LogP contribution < -0.4 is 4.74 Å². The number of carbonyl (C=O) groups excluding carboxylic acids is 1. The van der Waals surface area contributed by atoms with Crippen LogP contribution in [0.3, 0.4) is 0 Å². The largest absolute Gasteiger partial charge is 0.475 e. The van der Waals surface area contributed by atoms with Crippen LogP contribution in [0.2, 0.25) is 0 Å². The number of likely N-dealkylation sites (tertiary alicyclic amines) is 1. The molecule has 3 aromatic heterocycles. The summed E-state index contributed by atoms with van der Waals surface area (Å²) in [7, 11) is 0. The van der Waals surface area contributed by atoms with Crippen LogP contribution in [0, 0.1) is 0 Å². The molecule has 4 heterocycles. The van der Waals surface area contributed by atoms with Crippen molar-refractivity contribution in [2.24, 2.45) is 0 Å². The van der Waals surface area contributed by atoms with E-state index in [9.17, 15) is 18.0 Å². The number of nitrogens with zero attached hydrogens (tertiary/aromatic N) is 4. The fraction of sp³-hybridized carbons (Fsp3) is 0.269. The smallest absolute Gasteiger partial charge is 0.417 e. The molecule has 0 unspecified atom stereocenters. The predicted octanol–water partition coefficient (Wildman–Crippen LogP) is 5.49. The molecule has 5 rings (SSSR count). The standard InChI is InChI=1S/C26H23F3N4O2/c27-26(28,29)19-12-13-22(30-16-19)35-17-20-10-4-6-14-32(20)25(34)24-23(18-8-2-1-3-9-18)31-21-11-5-7-15-33(21)24/h1-3,5,7-9,11-13,15-16,20H,4,6,10,14,17H2/t20-/m0/s1. The number of halogens is 3. The Morgan fingerprint density at radius 2 is 1.83 bits per heavy atom. The van der Waals surface area contributed by atoms with Gasteiger partial charge in [-0.3, -0.25) is 9.20 Å². The lowest BCUT2D eigenvalue weighted by Crippen LogP contribution is -2.47. The number of hydrogen-bond donors (Lipinski definition) is 0. The summed E-state index contributed by atoms with van der Waals surface area (Å²) in [6.07, 6.45) is 0.634. The van der Waals surface area contributed by atoms with Gasteiger partial charge in [-0.2, -0.15) is 13.2 Å². The number of pyridine rings is 2. The number of amides is 1. The van der Waals surface area contributed by atoms with Crippen LogP contribution in [0.25, 0.3) is 16.9 Å².